The van der Waals surface area contributed by atoms with Gasteiger partial charge in [-0.1, -0.05) is 12.1 Å². The van der Waals surface area contributed by atoms with Gasteiger partial charge in [0, 0.05) is 6.42 Å². The number of rotatable bonds is 5. The molecule has 0 amide bonds. The zero-order valence-electron chi connectivity index (χ0n) is 8.99. The number of carbonyl (C=O) groups is 1. The van der Waals surface area contributed by atoms with Gasteiger partial charge >= 0.3 is 11.9 Å². The van der Waals surface area contributed by atoms with E-state index in [9.17, 15) is 13.6 Å². The lowest BCUT2D eigenvalue weighted by Gasteiger charge is -2.10. The van der Waals surface area contributed by atoms with E-state index in [1.54, 1.807) is 24.3 Å². The number of benzene rings is 1. The van der Waals surface area contributed by atoms with Crippen LogP contribution in [0.4, 0.5) is 8.78 Å². The van der Waals surface area contributed by atoms with Crippen LogP contribution >= 0.6 is 0 Å². The molecule has 0 unspecified atom stereocenters. The highest BCUT2D eigenvalue weighted by Gasteiger charge is 2.37. The maximum absolute atomic E-state index is 12.7. The predicted molar refractivity (Wildman–Crippen MR) is 56.7 cm³/mol. The van der Waals surface area contributed by atoms with Gasteiger partial charge in [-0.05, 0) is 30.5 Å². The first-order valence-electron chi connectivity index (χ1n) is 5.06. The van der Waals surface area contributed by atoms with E-state index >= 15 is 0 Å². The molecule has 3 nitrogen and oxygen atoms in total. The van der Waals surface area contributed by atoms with Crippen LogP contribution in [0.1, 0.15) is 24.0 Å². The van der Waals surface area contributed by atoms with Crippen LogP contribution < -0.4 is 0 Å². The third kappa shape index (κ3) is 3.83. The van der Waals surface area contributed by atoms with E-state index in [1.165, 1.54) is 0 Å². The summed E-state index contributed by atoms with van der Waals surface area (Å²) in [6.45, 7) is 0. The van der Waals surface area contributed by atoms with Gasteiger partial charge < -0.3 is 5.11 Å². The van der Waals surface area contributed by atoms with Crippen molar-refractivity contribution < 1.29 is 18.7 Å². The first-order valence-corrected chi connectivity index (χ1v) is 5.06. The summed E-state index contributed by atoms with van der Waals surface area (Å²) < 4.78 is 25.5. The maximum atomic E-state index is 12.7. The number of halogens is 2. The second kappa shape index (κ2) is 5.39. The standard InChI is InChI=1S/C12H11F2NO2/c13-12(14,11(16)17)7-1-2-9-3-5-10(8-15)6-4-9/h3-6H,1-2,7H2,(H,16,17). The molecule has 0 fully saturated rings. The molecule has 0 spiro atoms. The number of aliphatic carboxylic acids is 1. The van der Waals surface area contributed by atoms with Gasteiger partial charge in [0.1, 0.15) is 0 Å². The lowest BCUT2D eigenvalue weighted by atomic mass is 10.0. The lowest BCUT2D eigenvalue weighted by Crippen LogP contribution is -2.27. The highest BCUT2D eigenvalue weighted by atomic mass is 19.3. The molecule has 1 rings (SSSR count). The minimum absolute atomic E-state index is 0.0885. The van der Waals surface area contributed by atoms with E-state index in [1.807, 2.05) is 6.07 Å². The highest BCUT2D eigenvalue weighted by molar-refractivity contribution is 5.75. The predicted octanol–water partition coefficient (Wildman–Crippen LogP) is 2.60. The van der Waals surface area contributed by atoms with Crippen molar-refractivity contribution >= 4 is 5.97 Å². The van der Waals surface area contributed by atoms with Gasteiger partial charge in [-0.15, -0.1) is 0 Å². The normalized spacial score (nSPS) is 10.9. The summed E-state index contributed by atoms with van der Waals surface area (Å²) in [5.41, 5.74) is 1.31. The minimum Gasteiger partial charge on any atom is -0.477 e. The Labute approximate surface area is 97.3 Å². The summed E-state index contributed by atoms with van der Waals surface area (Å²) in [5.74, 6) is -5.75. The zero-order chi connectivity index (χ0) is 12.9. The second-order valence-corrected chi connectivity index (χ2v) is 3.67. The van der Waals surface area contributed by atoms with Crippen molar-refractivity contribution in [2.75, 3.05) is 0 Å². The minimum atomic E-state index is -3.66. The van der Waals surface area contributed by atoms with Crippen LogP contribution in [0, 0.1) is 11.3 Å². The highest BCUT2D eigenvalue weighted by Crippen LogP contribution is 2.21. The molecule has 0 radical (unpaired) electrons. The molecular formula is C12H11F2NO2. The van der Waals surface area contributed by atoms with Crippen LogP contribution in [0.15, 0.2) is 24.3 Å². The molecule has 17 heavy (non-hydrogen) atoms. The molecule has 1 N–H and O–H groups in total. The molecule has 0 atom stereocenters. The quantitative estimate of drug-likeness (QED) is 0.859. The van der Waals surface area contributed by atoms with Crippen LogP contribution in [-0.2, 0) is 11.2 Å². The molecule has 0 aliphatic carbocycles. The summed E-state index contributed by atoms with van der Waals surface area (Å²) in [7, 11) is 0. The van der Waals surface area contributed by atoms with Gasteiger partial charge in [-0.3, -0.25) is 0 Å². The van der Waals surface area contributed by atoms with Gasteiger partial charge in [0.15, 0.2) is 0 Å². The Morgan fingerprint density at radius 1 is 1.35 bits per heavy atom. The number of alkyl halides is 2. The van der Waals surface area contributed by atoms with E-state index in [-0.39, 0.29) is 6.42 Å². The second-order valence-electron chi connectivity index (χ2n) is 3.67. The number of aryl methyl sites for hydroxylation is 1. The average Bonchev–Trinajstić information content (AvgIpc) is 2.29. The number of nitrogens with zero attached hydrogens (tertiary/aromatic N) is 1. The van der Waals surface area contributed by atoms with Crippen LogP contribution in [0.3, 0.4) is 0 Å². The zero-order valence-corrected chi connectivity index (χ0v) is 8.99. The summed E-state index contributed by atoms with van der Waals surface area (Å²) >= 11 is 0. The van der Waals surface area contributed by atoms with Crippen LogP contribution in [0.5, 0.6) is 0 Å². The van der Waals surface area contributed by atoms with Crippen molar-refractivity contribution in [3.63, 3.8) is 0 Å². The number of hydrogen-bond donors (Lipinski definition) is 1. The fourth-order valence-electron chi connectivity index (χ4n) is 1.37. The molecule has 1 aromatic carbocycles. The molecule has 1 aromatic rings. The summed E-state index contributed by atoms with van der Waals surface area (Å²) in [6.07, 6.45) is -0.220. The van der Waals surface area contributed by atoms with Crippen molar-refractivity contribution in [3.8, 4) is 6.07 Å². The van der Waals surface area contributed by atoms with Crippen LogP contribution in [-0.4, -0.2) is 17.0 Å². The van der Waals surface area contributed by atoms with Gasteiger partial charge in [0.25, 0.3) is 0 Å². The fourth-order valence-corrected chi connectivity index (χ4v) is 1.37. The van der Waals surface area contributed by atoms with Crippen molar-refractivity contribution in [1.82, 2.24) is 0 Å². The molecule has 0 saturated heterocycles. The van der Waals surface area contributed by atoms with Crippen LogP contribution in [0.2, 0.25) is 0 Å². The average molecular weight is 239 g/mol. The van der Waals surface area contributed by atoms with E-state index in [4.69, 9.17) is 10.4 Å². The van der Waals surface area contributed by atoms with Crippen molar-refractivity contribution in [2.45, 2.75) is 25.2 Å². The molecule has 0 aliphatic heterocycles. The van der Waals surface area contributed by atoms with Crippen LogP contribution in [0.25, 0.3) is 0 Å². The Hall–Kier alpha value is -1.96. The van der Waals surface area contributed by atoms with Gasteiger partial charge in [-0.2, -0.15) is 14.0 Å². The first kappa shape index (κ1) is 13.1. The molecule has 0 heterocycles. The maximum Gasteiger partial charge on any atom is 0.374 e. The molecule has 5 heteroatoms. The van der Waals surface area contributed by atoms with E-state index in [2.05, 4.69) is 0 Å². The molecule has 0 bridgehead atoms. The first-order chi connectivity index (χ1) is 7.95. The van der Waals surface area contributed by atoms with Gasteiger partial charge in [-0.25, -0.2) is 4.79 Å². The lowest BCUT2D eigenvalue weighted by molar-refractivity contribution is -0.165. The van der Waals surface area contributed by atoms with Crippen molar-refractivity contribution in [2.24, 2.45) is 0 Å². The third-order valence-electron chi connectivity index (χ3n) is 2.35. The molecule has 90 valence electrons. The van der Waals surface area contributed by atoms with Crippen molar-refractivity contribution in [1.29, 1.82) is 5.26 Å². The molecule has 0 saturated carbocycles. The number of nitriles is 1. The number of carboxylic acids is 1. The Bertz CT molecular complexity index is 435. The smallest absolute Gasteiger partial charge is 0.374 e. The summed E-state index contributed by atoms with van der Waals surface area (Å²) in [6, 6.07) is 8.51. The Morgan fingerprint density at radius 3 is 2.41 bits per heavy atom. The largest absolute Gasteiger partial charge is 0.477 e. The molecule has 0 aromatic heterocycles. The molecule has 0 aliphatic rings. The Morgan fingerprint density at radius 2 is 1.94 bits per heavy atom. The number of hydrogen-bond acceptors (Lipinski definition) is 2. The number of carboxylic acid groups (broad SMARTS) is 1. The van der Waals surface area contributed by atoms with Crippen molar-refractivity contribution in [3.05, 3.63) is 35.4 Å². The Balaban J connectivity index is 2.46. The monoisotopic (exact) mass is 239 g/mol. The summed E-state index contributed by atoms with van der Waals surface area (Å²) in [4.78, 5) is 10.2. The fraction of sp³-hybridized carbons (Fsp3) is 0.333. The summed E-state index contributed by atoms with van der Waals surface area (Å²) in [5, 5.41) is 16.8. The Kier molecular flexibility index (Phi) is 4.16. The van der Waals surface area contributed by atoms with E-state index in [0.29, 0.717) is 12.0 Å². The topological polar surface area (TPSA) is 61.1 Å². The SMILES string of the molecule is N#Cc1ccc(CCCC(F)(F)C(=O)O)cc1. The van der Waals surface area contributed by atoms with E-state index in [0.717, 1.165) is 5.56 Å². The molecular weight excluding hydrogens is 228 g/mol. The van der Waals surface area contributed by atoms with E-state index < -0.39 is 18.3 Å². The van der Waals surface area contributed by atoms with Gasteiger partial charge in [0.2, 0.25) is 0 Å². The third-order valence-corrected chi connectivity index (χ3v) is 2.35. The van der Waals surface area contributed by atoms with Gasteiger partial charge in [0.05, 0.1) is 11.6 Å².